The van der Waals surface area contributed by atoms with Gasteiger partial charge in [-0.15, -0.1) is 0 Å². The average molecular weight is 233 g/mol. The van der Waals surface area contributed by atoms with Crippen LogP contribution in [0.3, 0.4) is 0 Å². The van der Waals surface area contributed by atoms with Gasteiger partial charge in [-0.25, -0.2) is 4.98 Å². The van der Waals surface area contributed by atoms with Crippen LogP contribution < -0.4 is 4.74 Å². The molecule has 0 spiro atoms. The van der Waals surface area contributed by atoms with Gasteiger partial charge in [0, 0.05) is 6.07 Å². The Morgan fingerprint density at radius 3 is 2.06 bits per heavy atom. The molecule has 90 valence electrons. The molecule has 16 heavy (non-hydrogen) atoms. The second-order valence-corrected chi connectivity index (χ2v) is 4.50. The summed E-state index contributed by atoms with van der Waals surface area (Å²) >= 11 is 0. The fourth-order valence-corrected chi connectivity index (χ4v) is 1.38. The molecular weight excluding hydrogens is 219 g/mol. The minimum atomic E-state index is -4.46. The number of hydrogen-bond acceptors (Lipinski definition) is 2. The Hall–Kier alpha value is -1.26. The Morgan fingerprint density at radius 2 is 1.69 bits per heavy atom. The molecule has 0 aliphatic heterocycles. The molecule has 0 atom stereocenters. The van der Waals surface area contributed by atoms with Crippen LogP contribution in [-0.2, 0) is 11.6 Å². The van der Waals surface area contributed by atoms with Crippen molar-refractivity contribution in [3.8, 4) is 5.88 Å². The normalized spacial score (nSPS) is 12.7. The highest BCUT2D eigenvalue weighted by Crippen LogP contribution is 2.37. The van der Waals surface area contributed by atoms with Gasteiger partial charge in [-0.3, -0.25) is 0 Å². The van der Waals surface area contributed by atoms with Crippen molar-refractivity contribution in [1.29, 1.82) is 0 Å². The lowest BCUT2D eigenvalue weighted by molar-refractivity contribution is -0.142. The maximum atomic E-state index is 12.8. The highest BCUT2D eigenvalue weighted by molar-refractivity contribution is 5.33. The Bertz CT molecular complexity index is 380. The van der Waals surface area contributed by atoms with E-state index in [9.17, 15) is 13.2 Å². The molecule has 0 bridgehead atoms. The fraction of sp³-hybridized carbons (Fsp3) is 0.545. The number of ether oxygens (including phenoxy) is 1. The Balaban J connectivity index is 3.40. The zero-order valence-corrected chi connectivity index (χ0v) is 9.64. The largest absolute Gasteiger partial charge is 0.481 e. The Kier molecular flexibility index (Phi) is 3.17. The molecule has 0 aliphatic rings. The number of aromatic nitrogens is 1. The number of halogens is 3. The second kappa shape index (κ2) is 3.96. The molecule has 0 fully saturated rings. The van der Waals surface area contributed by atoms with Crippen LogP contribution >= 0.6 is 0 Å². The van der Waals surface area contributed by atoms with Gasteiger partial charge in [0.1, 0.15) is 0 Å². The van der Waals surface area contributed by atoms with E-state index < -0.39 is 17.3 Å². The van der Waals surface area contributed by atoms with Crippen molar-refractivity contribution in [2.45, 2.75) is 32.4 Å². The first-order valence-electron chi connectivity index (χ1n) is 4.79. The smallest absolute Gasteiger partial charge is 0.433 e. The molecule has 1 aromatic rings. The molecule has 1 heterocycles. The predicted molar refractivity (Wildman–Crippen MR) is 54.5 cm³/mol. The standard InChI is InChI=1S/C11H14F3NO/c1-10(2,3)7-5-6-8(16-4)15-9(7)11(12,13)14/h5-6H,1-4H3. The van der Waals surface area contributed by atoms with E-state index in [1.54, 1.807) is 20.8 Å². The monoisotopic (exact) mass is 233 g/mol. The van der Waals surface area contributed by atoms with Crippen LogP contribution in [0.15, 0.2) is 12.1 Å². The predicted octanol–water partition coefficient (Wildman–Crippen LogP) is 3.41. The molecule has 0 N–H and O–H groups in total. The molecule has 0 aliphatic carbocycles. The van der Waals surface area contributed by atoms with Crippen LogP contribution in [0.2, 0.25) is 0 Å². The molecule has 0 saturated carbocycles. The van der Waals surface area contributed by atoms with Crippen LogP contribution in [0, 0.1) is 0 Å². The minimum Gasteiger partial charge on any atom is -0.481 e. The van der Waals surface area contributed by atoms with E-state index in [2.05, 4.69) is 4.98 Å². The van der Waals surface area contributed by atoms with Gasteiger partial charge in [0.25, 0.3) is 0 Å². The quantitative estimate of drug-likeness (QED) is 0.741. The van der Waals surface area contributed by atoms with E-state index in [0.29, 0.717) is 0 Å². The van der Waals surface area contributed by atoms with Crippen LogP contribution in [0.1, 0.15) is 32.0 Å². The summed E-state index contributed by atoms with van der Waals surface area (Å²) in [4.78, 5) is 3.48. The molecule has 0 saturated heterocycles. The summed E-state index contributed by atoms with van der Waals surface area (Å²) in [6.45, 7) is 5.14. The molecule has 0 unspecified atom stereocenters. The van der Waals surface area contributed by atoms with Gasteiger partial charge < -0.3 is 4.74 Å². The lowest BCUT2D eigenvalue weighted by Gasteiger charge is -2.23. The molecule has 1 rings (SSSR count). The number of rotatable bonds is 1. The zero-order valence-electron chi connectivity index (χ0n) is 9.64. The summed E-state index contributed by atoms with van der Waals surface area (Å²) < 4.78 is 43.0. The van der Waals surface area contributed by atoms with E-state index >= 15 is 0 Å². The molecule has 0 radical (unpaired) electrons. The second-order valence-electron chi connectivity index (χ2n) is 4.50. The number of alkyl halides is 3. The topological polar surface area (TPSA) is 22.1 Å². The van der Waals surface area contributed by atoms with Gasteiger partial charge in [-0.05, 0) is 11.0 Å². The highest BCUT2D eigenvalue weighted by atomic mass is 19.4. The summed E-state index contributed by atoms with van der Waals surface area (Å²) in [5.41, 5.74) is -1.32. The maximum absolute atomic E-state index is 12.8. The first kappa shape index (κ1) is 12.8. The molecule has 1 aromatic heterocycles. The van der Waals surface area contributed by atoms with Crippen molar-refractivity contribution < 1.29 is 17.9 Å². The molecule has 0 aromatic carbocycles. The molecule has 5 heteroatoms. The first-order chi connectivity index (χ1) is 7.16. The van der Waals surface area contributed by atoms with Gasteiger partial charge in [0.2, 0.25) is 5.88 Å². The third-order valence-corrected chi connectivity index (χ3v) is 2.16. The van der Waals surface area contributed by atoms with Crippen molar-refractivity contribution in [2.75, 3.05) is 7.11 Å². The first-order valence-corrected chi connectivity index (χ1v) is 4.79. The maximum Gasteiger partial charge on any atom is 0.433 e. The number of nitrogens with zero attached hydrogens (tertiary/aromatic N) is 1. The fourth-order valence-electron chi connectivity index (χ4n) is 1.38. The zero-order chi connectivity index (χ0) is 12.6. The third kappa shape index (κ3) is 2.65. The van der Waals surface area contributed by atoms with E-state index in [1.807, 2.05) is 0 Å². The number of methoxy groups -OCH3 is 1. The van der Waals surface area contributed by atoms with E-state index in [-0.39, 0.29) is 11.4 Å². The van der Waals surface area contributed by atoms with Gasteiger partial charge in [0.05, 0.1) is 7.11 Å². The van der Waals surface area contributed by atoms with Gasteiger partial charge in [0.15, 0.2) is 5.69 Å². The van der Waals surface area contributed by atoms with Crippen LogP contribution in [0.4, 0.5) is 13.2 Å². The Morgan fingerprint density at radius 1 is 1.12 bits per heavy atom. The van der Waals surface area contributed by atoms with Crippen LogP contribution in [-0.4, -0.2) is 12.1 Å². The summed E-state index contributed by atoms with van der Waals surface area (Å²) in [7, 11) is 1.29. The van der Waals surface area contributed by atoms with Crippen LogP contribution in [0.25, 0.3) is 0 Å². The average Bonchev–Trinajstić information content (AvgIpc) is 2.14. The molecule has 0 amide bonds. The number of pyridine rings is 1. The minimum absolute atomic E-state index is 0.0275. The van der Waals surface area contributed by atoms with Crippen LogP contribution in [0.5, 0.6) is 5.88 Å². The highest BCUT2D eigenvalue weighted by Gasteiger charge is 2.38. The lowest BCUT2D eigenvalue weighted by Crippen LogP contribution is -2.21. The third-order valence-electron chi connectivity index (χ3n) is 2.16. The SMILES string of the molecule is COc1ccc(C(C)(C)C)c(C(F)(F)F)n1. The summed E-state index contributed by atoms with van der Waals surface area (Å²) in [5, 5.41) is 0. The Labute approximate surface area is 92.5 Å². The van der Waals surface area contributed by atoms with Gasteiger partial charge >= 0.3 is 6.18 Å². The van der Waals surface area contributed by atoms with Crippen molar-refractivity contribution in [3.63, 3.8) is 0 Å². The van der Waals surface area contributed by atoms with Crippen molar-refractivity contribution in [2.24, 2.45) is 0 Å². The van der Waals surface area contributed by atoms with E-state index in [1.165, 1.54) is 19.2 Å². The lowest BCUT2D eigenvalue weighted by atomic mass is 9.85. The van der Waals surface area contributed by atoms with Crippen molar-refractivity contribution >= 4 is 0 Å². The number of hydrogen-bond donors (Lipinski definition) is 0. The van der Waals surface area contributed by atoms with Gasteiger partial charge in [-0.1, -0.05) is 26.8 Å². The molecule has 2 nitrogen and oxygen atoms in total. The summed E-state index contributed by atoms with van der Waals surface area (Å²) in [5.74, 6) is -0.0275. The van der Waals surface area contributed by atoms with Gasteiger partial charge in [-0.2, -0.15) is 13.2 Å². The van der Waals surface area contributed by atoms with E-state index in [4.69, 9.17) is 4.74 Å². The summed E-state index contributed by atoms with van der Waals surface area (Å²) in [6, 6.07) is 2.85. The van der Waals surface area contributed by atoms with Crippen molar-refractivity contribution in [1.82, 2.24) is 4.98 Å². The van der Waals surface area contributed by atoms with Crippen molar-refractivity contribution in [3.05, 3.63) is 23.4 Å². The summed E-state index contributed by atoms with van der Waals surface area (Å²) in [6.07, 6.45) is -4.46. The van der Waals surface area contributed by atoms with E-state index in [0.717, 1.165) is 0 Å². The molecular formula is C11H14F3NO.